The van der Waals surface area contributed by atoms with E-state index in [0.717, 1.165) is 34.8 Å². The van der Waals surface area contributed by atoms with E-state index in [0.29, 0.717) is 36.8 Å². The lowest BCUT2D eigenvalue weighted by Crippen LogP contribution is -2.28. The first-order valence-electron chi connectivity index (χ1n) is 11.5. The van der Waals surface area contributed by atoms with Gasteiger partial charge in [-0.15, -0.1) is 0 Å². The van der Waals surface area contributed by atoms with E-state index < -0.39 is 0 Å². The molecule has 0 bridgehead atoms. The van der Waals surface area contributed by atoms with Crippen molar-refractivity contribution in [2.45, 2.75) is 6.92 Å². The van der Waals surface area contributed by atoms with Gasteiger partial charge >= 0.3 is 0 Å². The Bertz CT molecular complexity index is 1290. The average molecular weight is 475 g/mol. The third-order valence-electron chi connectivity index (χ3n) is 5.58. The minimum absolute atomic E-state index is 0.121. The molecule has 0 atom stereocenters. The minimum atomic E-state index is -0.121. The van der Waals surface area contributed by atoms with E-state index >= 15 is 0 Å². The predicted molar refractivity (Wildman–Crippen MR) is 137 cm³/mol. The summed E-state index contributed by atoms with van der Waals surface area (Å²) in [6, 6.07) is 13.4. The highest BCUT2D eigenvalue weighted by atomic mass is 16.5. The number of aryl methyl sites for hydroxylation is 1. The van der Waals surface area contributed by atoms with Crippen LogP contribution in [0.5, 0.6) is 5.75 Å². The summed E-state index contributed by atoms with van der Waals surface area (Å²) in [5.41, 5.74) is 4.98. The number of carbonyl (C=O) groups is 1. The van der Waals surface area contributed by atoms with Gasteiger partial charge in [0.05, 0.1) is 32.2 Å². The zero-order valence-electron chi connectivity index (χ0n) is 20.2. The van der Waals surface area contributed by atoms with Crippen molar-refractivity contribution in [1.29, 1.82) is 0 Å². The Morgan fingerprint density at radius 1 is 1.06 bits per heavy atom. The molecule has 182 valence electrons. The van der Waals surface area contributed by atoms with E-state index in [1.54, 1.807) is 13.3 Å². The zero-order valence-corrected chi connectivity index (χ0v) is 20.2. The highest BCUT2D eigenvalue weighted by Gasteiger charge is 2.13. The van der Waals surface area contributed by atoms with Gasteiger partial charge in [0.2, 0.25) is 0 Å². The molecule has 0 saturated carbocycles. The van der Waals surface area contributed by atoms with Crippen LogP contribution in [0.15, 0.2) is 61.1 Å². The van der Waals surface area contributed by atoms with Crippen molar-refractivity contribution in [2.75, 3.05) is 45.8 Å². The highest BCUT2D eigenvalue weighted by molar-refractivity contribution is 5.96. The molecule has 1 amide bonds. The largest absolute Gasteiger partial charge is 0.497 e. The Hall–Kier alpha value is -3.95. The number of hydrogen-bond acceptors (Lipinski definition) is 7. The van der Waals surface area contributed by atoms with Crippen molar-refractivity contribution >= 4 is 23.1 Å². The van der Waals surface area contributed by atoms with Gasteiger partial charge in [0.25, 0.3) is 5.91 Å². The molecule has 0 aliphatic carbocycles. The number of anilines is 2. The highest BCUT2D eigenvalue weighted by Crippen LogP contribution is 2.27. The van der Waals surface area contributed by atoms with Crippen LogP contribution in [0.2, 0.25) is 0 Å². The zero-order chi connectivity index (χ0) is 24.6. The lowest BCUT2D eigenvalue weighted by atomic mass is 10.1. The van der Waals surface area contributed by atoms with Crippen molar-refractivity contribution in [3.05, 3.63) is 72.2 Å². The summed E-state index contributed by atoms with van der Waals surface area (Å²) in [7, 11) is 3.52. The molecular formula is C26H30N6O3. The molecule has 2 aromatic carbocycles. The van der Waals surface area contributed by atoms with Gasteiger partial charge in [-0.1, -0.05) is 0 Å². The number of nitrogens with zero attached hydrogens (tertiary/aromatic N) is 3. The Labute approximate surface area is 204 Å². The molecule has 2 heterocycles. The number of aromatic nitrogens is 3. The molecule has 0 fully saturated rings. The quantitative estimate of drug-likeness (QED) is 0.286. The summed E-state index contributed by atoms with van der Waals surface area (Å²) in [5.74, 6) is 1.31. The molecule has 9 nitrogen and oxygen atoms in total. The first kappa shape index (κ1) is 24.2. The molecule has 0 aliphatic heterocycles. The van der Waals surface area contributed by atoms with Crippen molar-refractivity contribution < 1.29 is 14.3 Å². The number of fused-ring (bicyclic) bond motifs is 1. The van der Waals surface area contributed by atoms with Gasteiger partial charge < -0.3 is 25.4 Å². The maximum absolute atomic E-state index is 12.5. The number of ether oxygens (including phenoxy) is 2. The van der Waals surface area contributed by atoms with E-state index in [1.165, 1.54) is 0 Å². The second-order valence-electron chi connectivity index (χ2n) is 7.97. The predicted octanol–water partition coefficient (Wildman–Crippen LogP) is 3.42. The minimum Gasteiger partial charge on any atom is -0.497 e. The molecule has 0 saturated heterocycles. The number of nitrogens with one attached hydrogen (secondary N) is 3. The van der Waals surface area contributed by atoms with Gasteiger partial charge in [-0.05, 0) is 62.0 Å². The molecule has 0 unspecified atom stereocenters. The fourth-order valence-electron chi connectivity index (χ4n) is 3.72. The van der Waals surface area contributed by atoms with E-state index in [1.807, 2.05) is 73.2 Å². The van der Waals surface area contributed by atoms with E-state index in [4.69, 9.17) is 9.47 Å². The van der Waals surface area contributed by atoms with Gasteiger partial charge in [-0.25, -0.2) is 9.97 Å². The molecule has 35 heavy (non-hydrogen) atoms. The summed E-state index contributed by atoms with van der Waals surface area (Å²) in [6.45, 7) is 4.25. The van der Waals surface area contributed by atoms with Crippen LogP contribution in [0.3, 0.4) is 0 Å². The number of hydrogen-bond donors (Lipinski definition) is 3. The first-order chi connectivity index (χ1) is 17.1. The van der Waals surface area contributed by atoms with Gasteiger partial charge in [0, 0.05) is 42.3 Å². The Morgan fingerprint density at radius 2 is 1.86 bits per heavy atom. The van der Waals surface area contributed by atoms with Crippen LogP contribution in [0.4, 0.5) is 11.5 Å². The van der Waals surface area contributed by atoms with Crippen LogP contribution in [0.1, 0.15) is 15.9 Å². The molecule has 4 aromatic rings. The summed E-state index contributed by atoms with van der Waals surface area (Å²) in [4.78, 5) is 21.6. The number of methoxy groups -OCH3 is 1. The lowest BCUT2D eigenvalue weighted by Gasteiger charge is -2.12. The number of likely N-dealkylation sites (N-methyl/N-ethyl adjacent to an activating group) is 1. The Morgan fingerprint density at radius 3 is 2.60 bits per heavy atom. The molecule has 0 aliphatic rings. The average Bonchev–Trinajstić information content (AvgIpc) is 3.31. The summed E-state index contributed by atoms with van der Waals surface area (Å²) < 4.78 is 12.7. The van der Waals surface area contributed by atoms with Crippen molar-refractivity contribution in [3.8, 4) is 17.0 Å². The van der Waals surface area contributed by atoms with E-state index in [9.17, 15) is 4.79 Å². The van der Waals surface area contributed by atoms with Crippen LogP contribution < -0.4 is 20.7 Å². The van der Waals surface area contributed by atoms with Crippen LogP contribution in [0, 0.1) is 6.92 Å². The van der Waals surface area contributed by atoms with Crippen molar-refractivity contribution in [3.63, 3.8) is 0 Å². The molecule has 4 rings (SSSR count). The summed E-state index contributed by atoms with van der Waals surface area (Å²) in [6.07, 6.45) is 5.44. The standard InChI is InChI=1S/C26H30N6O3/c1-18-16-20(6-9-22(18)26(33)29-12-15-35-14-11-27-2)31-24-25-30-17-23(32(25)13-10-28-24)19-4-7-21(34-3)8-5-19/h4-10,13,16-17,27H,11-12,14-15H2,1-3H3,(H,28,31)(H,29,33). The topological polar surface area (TPSA) is 102 Å². The number of imidazole rings is 1. The number of amides is 1. The summed E-state index contributed by atoms with van der Waals surface area (Å²) in [5, 5.41) is 9.25. The third-order valence-corrected chi connectivity index (χ3v) is 5.58. The van der Waals surface area contributed by atoms with Gasteiger partial charge in [-0.2, -0.15) is 0 Å². The Kier molecular flexibility index (Phi) is 7.92. The molecule has 0 spiro atoms. The third kappa shape index (κ3) is 5.76. The van der Waals surface area contributed by atoms with Crippen molar-refractivity contribution in [1.82, 2.24) is 25.0 Å². The number of carbonyl (C=O) groups excluding carboxylic acids is 1. The van der Waals surface area contributed by atoms with Crippen LogP contribution in [-0.4, -0.2) is 60.7 Å². The molecular weight excluding hydrogens is 444 g/mol. The normalized spacial score (nSPS) is 10.9. The van der Waals surface area contributed by atoms with Crippen LogP contribution in [-0.2, 0) is 4.74 Å². The molecule has 3 N–H and O–H groups in total. The fraction of sp³-hybridized carbons (Fsp3) is 0.269. The molecule has 0 radical (unpaired) electrons. The van der Waals surface area contributed by atoms with E-state index in [2.05, 4.69) is 25.9 Å². The maximum Gasteiger partial charge on any atom is 0.251 e. The first-order valence-corrected chi connectivity index (χ1v) is 11.5. The fourth-order valence-corrected chi connectivity index (χ4v) is 3.72. The van der Waals surface area contributed by atoms with E-state index in [-0.39, 0.29) is 5.91 Å². The molecule has 2 aromatic heterocycles. The van der Waals surface area contributed by atoms with Crippen molar-refractivity contribution in [2.24, 2.45) is 0 Å². The van der Waals surface area contributed by atoms with Crippen LogP contribution in [0.25, 0.3) is 16.9 Å². The van der Waals surface area contributed by atoms with Crippen LogP contribution >= 0.6 is 0 Å². The number of rotatable bonds is 11. The second kappa shape index (κ2) is 11.5. The Balaban J connectivity index is 1.46. The smallest absolute Gasteiger partial charge is 0.251 e. The van der Waals surface area contributed by atoms with Gasteiger partial charge in [-0.3, -0.25) is 9.20 Å². The van der Waals surface area contributed by atoms with Gasteiger partial charge in [0.1, 0.15) is 5.75 Å². The molecule has 9 heteroatoms. The SMILES string of the molecule is CNCCOCCNC(=O)c1ccc(Nc2nccn3c(-c4ccc(OC)cc4)cnc23)cc1C. The maximum atomic E-state index is 12.5. The lowest BCUT2D eigenvalue weighted by molar-refractivity contribution is 0.0917. The number of benzene rings is 2. The monoisotopic (exact) mass is 474 g/mol. The van der Waals surface area contributed by atoms with Gasteiger partial charge in [0.15, 0.2) is 11.5 Å². The summed E-state index contributed by atoms with van der Waals surface area (Å²) >= 11 is 0. The second-order valence-corrected chi connectivity index (χ2v) is 7.97.